The van der Waals surface area contributed by atoms with E-state index in [4.69, 9.17) is 9.47 Å². The molecule has 2 aliphatic rings. The van der Waals surface area contributed by atoms with Crippen molar-refractivity contribution in [2.75, 3.05) is 19.8 Å². The molecule has 1 atom stereocenters. The second-order valence-corrected chi connectivity index (χ2v) is 9.27. The van der Waals surface area contributed by atoms with Crippen LogP contribution < -0.4 is 14.8 Å². The second kappa shape index (κ2) is 8.23. The van der Waals surface area contributed by atoms with Crippen LogP contribution in [0, 0.1) is 12.7 Å². The van der Waals surface area contributed by atoms with Crippen molar-refractivity contribution in [3.05, 3.63) is 53.3 Å². The van der Waals surface area contributed by atoms with E-state index in [2.05, 4.69) is 5.32 Å². The third kappa shape index (κ3) is 3.99. The Bertz CT molecular complexity index is 1070. The average Bonchev–Trinajstić information content (AvgIpc) is 3.25. The first-order valence-corrected chi connectivity index (χ1v) is 11.2. The minimum atomic E-state index is -3.88. The monoisotopic (exact) mass is 434 g/mol. The molecule has 2 heterocycles. The number of amides is 1. The molecule has 2 aliphatic heterocycles. The molecule has 7 nitrogen and oxygen atoms in total. The summed E-state index contributed by atoms with van der Waals surface area (Å²) in [7, 11) is -3.88. The summed E-state index contributed by atoms with van der Waals surface area (Å²) >= 11 is 0. The Morgan fingerprint density at radius 2 is 1.93 bits per heavy atom. The van der Waals surface area contributed by atoms with Gasteiger partial charge in [0.2, 0.25) is 15.9 Å². The lowest BCUT2D eigenvalue weighted by molar-refractivity contribution is -0.124. The number of ether oxygens (including phenoxy) is 2. The minimum Gasteiger partial charge on any atom is -0.486 e. The van der Waals surface area contributed by atoms with Gasteiger partial charge in [-0.25, -0.2) is 12.8 Å². The summed E-state index contributed by atoms with van der Waals surface area (Å²) in [6.07, 6.45) is 1.01. The van der Waals surface area contributed by atoms with Crippen molar-refractivity contribution in [1.29, 1.82) is 0 Å². The second-order valence-electron chi connectivity index (χ2n) is 7.38. The fourth-order valence-corrected chi connectivity index (χ4v) is 5.34. The Labute approximate surface area is 174 Å². The highest BCUT2D eigenvalue weighted by atomic mass is 32.2. The van der Waals surface area contributed by atoms with E-state index in [1.807, 2.05) is 0 Å². The molecule has 1 saturated heterocycles. The molecule has 0 aromatic heterocycles. The van der Waals surface area contributed by atoms with Gasteiger partial charge in [0.1, 0.15) is 25.1 Å². The van der Waals surface area contributed by atoms with E-state index in [0.717, 1.165) is 0 Å². The van der Waals surface area contributed by atoms with Gasteiger partial charge in [-0.3, -0.25) is 4.79 Å². The Kier molecular flexibility index (Phi) is 5.66. The highest BCUT2D eigenvalue weighted by Gasteiger charge is 2.39. The van der Waals surface area contributed by atoms with Crippen LogP contribution in [0.1, 0.15) is 24.0 Å². The topological polar surface area (TPSA) is 84.9 Å². The summed E-state index contributed by atoms with van der Waals surface area (Å²) in [5.41, 5.74) is 1.14. The van der Waals surface area contributed by atoms with Crippen LogP contribution in [0.15, 0.2) is 41.3 Å². The maximum Gasteiger partial charge on any atom is 0.243 e. The lowest BCUT2D eigenvalue weighted by Gasteiger charge is -2.24. The summed E-state index contributed by atoms with van der Waals surface area (Å²) in [6, 6.07) is 8.41. The van der Waals surface area contributed by atoms with Gasteiger partial charge < -0.3 is 14.8 Å². The van der Waals surface area contributed by atoms with Crippen molar-refractivity contribution >= 4 is 15.9 Å². The predicted octanol–water partition coefficient (Wildman–Crippen LogP) is 2.37. The molecule has 0 spiro atoms. The first-order valence-electron chi connectivity index (χ1n) is 9.80. The number of nitrogens with one attached hydrogen (secondary N) is 1. The highest BCUT2D eigenvalue weighted by molar-refractivity contribution is 7.89. The number of benzene rings is 2. The zero-order chi connectivity index (χ0) is 21.3. The number of carbonyl (C=O) groups is 1. The number of nitrogens with zero attached hydrogens (tertiary/aromatic N) is 1. The minimum absolute atomic E-state index is 0.0621. The summed E-state index contributed by atoms with van der Waals surface area (Å²) in [6.45, 7) is 2.82. The van der Waals surface area contributed by atoms with Crippen LogP contribution >= 0.6 is 0 Å². The van der Waals surface area contributed by atoms with Crippen molar-refractivity contribution in [3.8, 4) is 11.5 Å². The summed E-state index contributed by atoms with van der Waals surface area (Å²) < 4.78 is 52.2. The average molecular weight is 434 g/mol. The van der Waals surface area contributed by atoms with E-state index in [1.165, 1.54) is 22.5 Å². The van der Waals surface area contributed by atoms with Crippen molar-refractivity contribution in [1.82, 2.24) is 9.62 Å². The van der Waals surface area contributed by atoms with Gasteiger partial charge >= 0.3 is 0 Å². The molecule has 9 heteroatoms. The first kappa shape index (κ1) is 20.6. The Balaban J connectivity index is 1.49. The van der Waals surface area contributed by atoms with Gasteiger partial charge in [-0.05, 0) is 49.1 Å². The molecule has 0 aliphatic carbocycles. The van der Waals surface area contributed by atoms with Gasteiger partial charge in [0.25, 0.3) is 0 Å². The zero-order valence-electron chi connectivity index (χ0n) is 16.6. The Morgan fingerprint density at radius 1 is 1.17 bits per heavy atom. The fourth-order valence-electron chi connectivity index (χ4n) is 3.66. The summed E-state index contributed by atoms with van der Waals surface area (Å²) in [4.78, 5) is 12.8. The molecular formula is C21H23FN2O5S. The van der Waals surface area contributed by atoms with Crippen LogP contribution in [0.3, 0.4) is 0 Å². The SMILES string of the molecule is Cc1ccc(CNC(=O)[C@@H]2CCCN2S(=O)(=O)c2ccc3c(c2)OCCO3)cc1F. The van der Waals surface area contributed by atoms with E-state index in [0.29, 0.717) is 48.7 Å². The molecule has 160 valence electrons. The molecule has 2 aromatic carbocycles. The van der Waals surface area contributed by atoms with E-state index >= 15 is 0 Å². The van der Waals surface area contributed by atoms with Crippen LogP contribution in [0.25, 0.3) is 0 Å². The van der Waals surface area contributed by atoms with Gasteiger partial charge in [-0.1, -0.05) is 12.1 Å². The number of rotatable bonds is 5. The van der Waals surface area contributed by atoms with E-state index in [-0.39, 0.29) is 23.8 Å². The number of carbonyl (C=O) groups excluding carboxylic acids is 1. The molecule has 1 N–H and O–H groups in total. The molecule has 1 fully saturated rings. The standard InChI is InChI=1S/C21H23FN2O5S/c1-14-4-5-15(11-17(14)22)13-23-21(25)18-3-2-8-24(18)30(26,27)16-6-7-19-20(12-16)29-10-9-28-19/h4-7,11-12,18H,2-3,8-10,13H2,1H3,(H,23,25)/t18-/m0/s1. The number of sulfonamides is 1. The van der Waals surface area contributed by atoms with Crippen LogP contribution in [-0.2, 0) is 21.4 Å². The highest BCUT2D eigenvalue weighted by Crippen LogP contribution is 2.34. The number of halogens is 1. The third-order valence-corrected chi connectivity index (χ3v) is 7.23. The van der Waals surface area contributed by atoms with Crippen LogP contribution in [0.2, 0.25) is 0 Å². The third-order valence-electron chi connectivity index (χ3n) is 5.33. The molecule has 2 aromatic rings. The molecular weight excluding hydrogens is 411 g/mol. The van der Waals surface area contributed by atoms with Gasteiger partial charge in [0.05, 0.1) is 4.90 Å². The zero-order valence-corrected chi connectivity index (χ0v) is 17.4. The van der Waals surface area contributed by atoms with E-state index in [1.54, 1.807) is 25.1 Å². The maximum absolute atomic E-state index is 13.7. The van der Waals surface area contributed by atoms with Crippen LogP contribution in [-0.4, -0.2) is 44.4 Å². The lowest BCUT2D eigenvalue weighted by atomic mass is 10.1. The predicted molar refractivity (Wildman–Crippen MR) is 107 cm³/mol. The smallest absolute Gasteiger partial charge is 0.243 e. The van der Waals surface area contributed by atoms with Crippen molar-refractivity contribution in [2.45, 2.75) is 37.2 Å². The van der Waals surface area contributed by atoms with Gasteiger partial charge in [0.15, 0.2) is 11.5 Å². The van der Waals surface area contributed by atoms with E-state index < -0.39 is 22.0 Å². The van der Waals surface area contributed by atoms with Crippen LogP contribution in [0.4, 0.5) is 4.39 Å². The maximum atomic E-state index is 13.7. The Hall–Kier alpha value is -2.65. The van der Waals surface area contributed by atoms with Crippen molar-refractivity contribution < 1.29 is 27.1 Å². The molecule has 0 radical (unpaired) electrons. The molecule has 30 heavy (non-hydrogen) atoms. The quantitative estimate of drug-likeness (QED) is 0.781. The normalized spacial score (nSPS) is 18.9. The number of fused-ring (bicyclic) bond motifs is 1. The largest absolute Gasteiger partial charge is 0.486 e. The van der Waals surface area contributed by atoms with Crippen molar-refractivity contribution in [3.63, 3.8) is 0 Å². The summed E-state index contributed by atoms with van der Waals surface area (Å²) in [5.74, 6) is 0.144. The number of hydrogen-bond acceptors (Lipinski definition) is 5. The number of hydrogen-bond donors (Lipinski definition) is 1. The fraction of sp³-hybridized carbons (Fsp3) is 0.381. The molecule has 0 bridgehead atoms. The van der Waals surface area contributed by atoms with Crippen molar-refractivity contribution in [2.24, 2.45) is 0 Å². The molecule has 1 amide bonds. The van der Waals surface area contributed by atoms with Gasteiger partial charge in [-0.2, -0.15) is 4.31 Å². The van der Waals surface area contributed by atoms with Crippen LogP contribution in [0.5, 0.6) is 11.5 Å². The van der Waals surface area contributed by atoms with Gasteiger partial charge in [-0.15, -0.1) is 0 Å². The van der Waals surface area contributed by atoms with E-state index in [9.17, 15) is 17.6 Å². The Morgan fingerprint density at radius 3 is 2.70 bits per heavy atom. The number of aryl methyl sites for hydroxylation is 1. The molecule has 4 rings (SSSR count). The van der Waals surface area contributed by atoms with Gasteiger partial charge in [0, 0.05) is 19.2 Å². The molecule has 0 saturated carbocycles. The summed E-state index contributed by atoms with van der Waals surface area (Å²) in [5, 5.41) is 2.73. The first-order chi connectivity index (χ1) is 14.4. The molecule has 0 unspecified atom stereocenters. The lowest BCUT2D eigenvalue weighted by Crippen LogP contribution is -2.45.